The number of hydrogen-bond donors (Lipinski definition) is 1. The minimum absolute atomic E-state index is 0.0513. The predicted octanol–water partition coefficient (Wildman–Crippen LogP) is 3.24. The van der Waals surface area contributed by atoms with Gasteiger partial charge in [-0.3, -0.25) is 4.79 Å². The molecule has 1 N–H and O–H groups in total. The zero-order valence-electron chi connectivity index (χ0n) is 13.1. The van der Waals surface area contributed by atoms with Crippen LogP contribution in [0.25, 0.3) is 0 Å². The van der Waals surface area contributed by atoms with Crippen molar-refractivity contribution in [1.82, 2.24) is 0 Å². The zero-order valence-corrected chi connectivity index (χ0v) is 13.1. The second-order valence-corrected chi connectivity index (χ2v) is 4.54. The van der Waals surface area contributed by atoms with Crippen LogP contribution in [0.5, 0.6) is 11.5 Å². The number of amides is 1. The van der Waals surface area contributed by atoms with Gasteiger partial charge in [0.15, 0.2) is 11.5 Å². The number of hydrogen-bond acceptors (Lipinski definition) is 4. The Labute approximate surface area is 126 Å². The van der Waals surface area contributed by atoms with E-state index in [9.17, 15) is 4.79 Å². The molecule has 1 amide bonds. The van der Waals surface area contributed by atoms with Gasteiger partial charge in [-0.1, -0.05) is 13.8 Å². The van der Waals surface area contributed by atoms with Crippen LogP contribution in [-0.2, 0) is 9.53 Å². The molecular weight excluding hydrogens is 270 g/mol. The van der Waals surface area contributed by atoms with Gasteiger partial charge in [0.05, 0.1) is 13.2 Å². The third kappa shape index (κ3) is 6.49. The number of rotatable bonds is 10. The summed E-state index contributed by atoms with van der Waals surface area (Å²) in [5.74, 6) is 1.17. The summed E-state index contributed by atoms with van der Waals surface area (Å²) in [6, 6.07) is 5.40. The second kappa shape index (κ2) is 10.0. The van der Waals surface area contributed by atoms with Gasteiger partial charge in [-0.05, 0) is 31.9 Å². The average Bonchev–Trinajstić information content (AvgIpc) is 2.49. The number of nitrogens with one attached hydrogen (secondary N) is 1. The van der Waals surface area contributed by atoms with Gasteiger partial charge in [0.2, 0.25) is 5.91 Å². The molecule has 0 atom stereocenters. The summed E-state index contributed by atoms with van der Waals surface area (Å²) in [7, 11) is 0. The number of benzene rings is 1. The van der Waals surface area contributed by atoms with Crippen molar-refractivity contribution in [3.8, 4) is 11.5 Å². The Bertz CT molecular complexity index is 434. The molecule has 1 rings (SSSR count). The third-order valence-corrected chi connectivity index (χ3v) is 2.59. The Morgan fingerprint density at radius 2 is 1.71 bits per heavy atom. The lowest BCUT2D eigenvalue weighted by atomic mass is 10.2. The van der Waals surface area contributed by atoms with Crippen molar-refractivity contribution in [2.75, 3.05) is 31.7 Å². The van der Waals surface area contributed by atoms with Crippen LogP contribution in [0.3, 0.4) is 0 Å². The fraction of sp³-hybridized carbons (Fsp3) is 0.562. The first kappa shape index (κ1) is 17.3. The second-order valence-electron chi connectivity index (χ2n) is 4.54. The molecule has 0 aromatic heterocycles. The Hall–Kier alpha value is -1.75. The molecule has 1 aromatic carbocycles. The number of ether oxygens (including phenoxy) is 3. The van der Waals surface area contributed by atoms with Crippen LogP contribution in [0.4, 0.5) is 5.69 Å². The van der Waals surface area contributed by atoms with Crippen LogP contribution in [0.15, 0.2) is 18.2 Å². The van der Waals surface area contributed by atoms with E-state index >= 15 is 0 Å². The van der Waals surface area contributed by atoms with Gasteiger partial charge in [-0.25, -0.2) is 0 Å². The fourth-order valence-corrected chi connectivity index (χ4v) is 1.63. The summed E-state index contributed by atoms with van der Waals surface area (Å²) in [6.45, 7) is 7.76. The van der Waals surface area contributed by atoms with E-state index in [0.717, 1.165) is 12.8 Å². The lowest BCUT2D eigenvalue weighted by Crippen LogP contribution is -2.18. The molecule has 118 valence electrons. The van der Waals surface area contributed by atoms with Gasteiger partial charge in [0.25, 0.3) is 0 Å². The molecular formula is C16H25NO4. The maximum absolute atomic E-state index is 11.6. The molecule has 0 radical (unpaired) electrons. The molecule has 21 heavy (non-hydrogen) atoms. The highest BCUT2D eigenvalue weighted by Crippen LogP contribution is 2.30. The van der Waals surface area contributed by atoms with Crippen LogP contribution in [0.2, 0.25) is 0 Å². The van der Waals surface area contributed by atoms with Gasteiger partial charge in [0.1, 0.15) is 6.61 Å². The number of carbonyl (C=O) groups is 1. The molecule has 0 fully saturated rings. The van der Waals surface area contributed by atoms with Gasteiger partial charge in [-0.2, -0.15) is 0 Å². The molecule has 0 aliphatic carbocycles. The van der Waals surface area contributed by atoms with Crippen molar-refractivity contribution in [3.05, 3.63) is 18.2 Å². The molecule has 0 spiro atoms. The van der Waals surface area contributed by atoms with Crippen molar-refractivity contribution in [3.63, 3.8) is 0 Å². The summed E-state index contributed by atoms with van der Waals surface area (Å²) < 4.78 is 16.4. The normalized spacial score (nSPS) is 10.2. The third-order valence-electron chi connectivity index (χ3n) is 2.59. The van der Waals surface area contributed by atoms with Crippen molar-refractivity contribution >= 4 is 11.6 Å². The number of carbonyl (C=O) groups excluding carboxylic acids is 1. The Balaban J connectivity index is 2.74. The Morgan fingerprint density at radius 1 is 1.05 bits per heavy atom. The molecule has 0 saturated heterocycles. The minimum Gasteiger partial charge on any atom is -0.490 e. The van der Waals surface area contributed by atoms with E-state index < -0.39 is 0 Å². The van der Waals surface area contributed by atoms with E-state index in [-0.39, 0.29) is 12.5 Å². The van der Waals surface area contributed by atoms with Gasteiger partial charge in [0, 0.05) is 18.4 Å². The zero-order chi connectivity index (χ0) is 15.5. The Kier molecular flexibility index (Phi) is 8.28. The first-order chi connectivity index (χ1) is 10.2. The molecule has 0 bridgehead atoms. The van der Waals surface area contributed by atoms with Crippen LogP contribution in [0, 0.1) is 0 Å². The summed E-state index contributed by atoms with van der Waals surface area (Å²) in [5, 5.41) is 2.78. The van der Waals surface area contributed by atoms with Crippen LogP contribution < -0.4 is 14.8 Å². The van der Waals surface area contributed by atoms with E-state index in [4.69, 9.17) is 14.2 Å². The van der Waals surface area contributed by atoms with Gasteiger partial charge in [-0.15, -0.1) is 0 Å². The molecule has 0 heterocycles. The topological polar surface area (TPSA) is 56.8 Å². The summed E-state index contributed by atoms with van der Waals surface area (Å²) in [4.78, 5) is 11.6. The maximum Gasteiger partial charge on any atom is 0.250 e. The summed E-state index contributed by atoms with van der Waals surface area (Å²) in [5.41, 5.74) is 0.676. The lowest BCUT2D eigenvalue weighted by molar-refractivity contribution is -0.120. The highest BCUT2D eigenvalue weighted by molar-refractivity contribution is 5.92. The highest BCUT2D eigenvalue weighted by atomic mass is 16.5. The van der Waals surface area contributed by atoms with Gasteiger partial charge >= 0.3 is 0 Å². The van der Waals surface area contributed by atoms with Crippen LogP contribution in [0.1, 0.15) is 33.6 Å². The molecule has 0 unspecified atom stereocenters. The van der Waals surface area contributed by atoms with Crippen molar-refractivity contribution in [1.29, 1.82) is 0 Å². The fourth-order valence-electron chi connectivity index (χ4n) is 1.63. The number of anilines is 1. The largest absolute Gasteiger partial charge is 0.490 e. The van der Waals surface area contributed by atoms with E-state index in [1.54, 1.807) is 12.1 Å². The maximum atomic E-state index is 11.6. The average molecular weight is 295 g/mol. The van der Waals surface area contributed by atoms with Crippen molar-refractivity contribution in [2.24, 2.45) is 0 Å². The SMILES string of the molecule is CCCOc1ccc(NC(=O)COCC)cc1OCCC. The monoisotopic (exact) mass is 295 g/mol. The predicted molar refractivity (Wildman–Crippen MR) is 83.1 cm³/mol. The molecule has 5 heteroatoms. The lowest BCUT2D eigenvalue weighted by Gasteiger charge is -2.14. The summed E-state index contributed by atoms with van der Waals surface area (Å²) in [6.07, 6.45) is 1.84. The molecule has 0 aliphatic heterocycles. The molecule has 5 nitrogen and oxygen atoms in total. The minimum atomic E-state index is -0.180. The highest BCUT2D eigenvalue weighted by Gasteiger charge is 2.09. The van der Waals surface area contributed by atoms with E-state index in [1.807, 2.05) is 19.9 Å². The molecule has 0 aliphatic rings. The van der Waals surface area contributed by atoms with Crippen LogP contribution >= 0.6 is 0 Å². The molecule has 0 saturated carbocycles. The summed E-state index contributed by atoms with van der Waals surface area (Å²) >= 11 is 0. The van der Waals surface area contributed by atoms with Crippen molar-refractivity contribution in [2.45, 2.75) is 33.6 Å². The first-order valence-electron chi connectivity index (χ1n) is 7.48. The van der Waals surface area contributed by atoms with E-state index in [1.165, 1.54) is 0 Å². The van der Waals surface area contributed by atoms with E-state index in [2.05, 4.69) is 12.2 Å². The van der Waals surface area contributed by atoms with Gasteiger partial charge < -0.3 is 19.5 Å². The smallest absolute Gasteiger partial charge is 0.250 e. The standard InChI is InChI=1S/C16H25NO4/c1-4-9-20-14-8-7-13(11-15(14)21-10-5-2)17-16(18)12-19-6-3/h7-8,11H,4-6,9-10,12H2,1-3H3,(H,17,18). The Morgan fingerprint density at radius 3 is 2.33 bits per heavy atom. The molecule has 1 aromatic rings. The van der Waals surface area contributed by atoms with Crippen molar-refractivity contribution < 1.29 is 19.0 Å². The van der Waals surface area contributed by atoms with Crippen LogP contribution in [-0.4, -0.2) is 32.3 Å². The quantitative estimate of drug-likeness (QED) is 0.720. The first-order valence-corrected chi connectivity index (χ1v) is 7.48. The van der Waals surface area contributed by atoms with E-state index in [0.29, 0.717) is 37.0 Å².